The molecule has 3 aromatic carbocycles. The van der Waals surface area contributed by atoms with E-state index in [2.05, 4.69) is 46.4 Å². The Kier molecular flexibility index (Phi) is 7.40. The van der Waals surface area contributed by atoms with E-state index in [1.807, 2.05) is 43.3 Å². The zero-order valence-electron chi connectivity index (χ0n) is 19.1. The highest BCUT2D eigenvalue weighted by molar-refractivity contribution is 6.10. The number of fused-ring (bicyclic) bond motifs is 1. The summed E-state index contributed by atoms with van der Waals surface area (Å²) in [6.07, 6.45) is 0.970. The van der Waals surface area contributed by atoms with Crippen molar-refractivity contribution in [3.63, 3.8) is 0 Å². The molecule has 0 aliphatic carbocycles. The van der Waals surface area contributed by atoms with E-state index in [9.17, 15) is 4.79 Å². The fraction of sp³-hybridized carbons (Fsp3) is 0.370. The summed E-state index contributed by atoms with van der Waals surface area (Å²) >= 11 is 0. The molecule has 1 aliphatic heterocycles. The van der Waals surface area contributed by atoms with Crippen molar-refractivity contribution in [1.82, 2.24) is 15.1 Å². The number of ether oxygens (including phenoxy) is 1. The summed E-state index contributed by atoms with van der Waals surface area (Å²) in [6.45, 7) is 8.84. The van der Waals surface area contributed by atoms with Crippen LogP contribution in [0.2, 0.25) is 0 Å². The normalized spacial score (nSPS) is 15.1. The first-order valence-electron chi connectivity index (χ1n) is 11.6. The molecule has 1 heterocycles. The van der Waals surface area contributed by atoms with E-state index in [1.165, 1.54) is 0 Å². The van der Waals surface area contributed by atoms with Crippen molar-refractivity contribution in [2.45, 2.75) is 13.3 Å². The van der Waals surface area contributed by atoms with Crippen LogP contribution in [0.25, 0.3) is 21.9 Å². The Morgan fingerprint density at radius 1 is 0.938 bits per heavy atom. The molecule has 0 aromatic heterocycles. The number of likely N-dealkylation sites (N-methyl/N-ethyl adjacent to an activating group) is 1. The molecule has 1 fully saturated rings. The number of hydrogen-bond donors (Lipinski definition) is 1. The average Bonchev–Trinajstić information content (AvgIpc) is 2.83. The van der Waals surface area contributed by atoms with Gasteiger partial charge in [-0.3, -0.25) is 4.79 Å². The van der Waals surface area contributed by atoms with Crippen molar-refractivity contribution in [1.29, 1.82) is 0 Å². The fourth-order valence-corrected chi connectivity index (χ4v) is 4.32. The van der Waals surface area contributed by atoms with Crippen molar-refractivity contribution in [3.05, 3.63) is 66.2 Å². The van der Waals surface area contributed by atoms with E-state index in [0.717, 1.165) is 72.4 Å². The highest BCUT2D eigenvalue weighted by Gasteiger charge is 2.15. The van der Waals surface area contributed by atoms with Crippen LogP contribution in [0, 0.1) is 0 Å². The molecule has 1 amide bonds. The molecule has 0 atom stereocenters. The summed E-state index contributed by atoms with van der Waals surface area (Å²) in [5.74, 6) is 0.867. The van der Waals surface area contributed by atoms with E-state index in [-0.39, 0.29) is 5.91 Å². The highest BCUT2D eigenvalue weighted by atomic mass is 16.5. The van der Waals surface area contributed by atoms with Gasteiger partial charge >= 0.3 is 0 Å². The molecular formula is C27H33N3O2. The van der Waals surface area contributed by atoms with Gasteiger partial charge in [-0.1, -0.05) is 42.5 Å². The Bertz CT molecular complexity index is 1040. The standard InChI is InChI=1S/C27H33N3O2/c1-3-32-22-11-9-21(10-12-22)23-13-14-26(25-8-5-4-7-24(23)25)27(31)28-15-6-16-30-19-17-29(2)18-20-30/h4-5,7-14H,3,6,15-20H2,1-2H3,(H,28,31). The van der Waals surface area contributed by atoms with Crippen molar-refractivity contribution >= 4 is 16.7 Å². The molecule has 0 unspecified atom stereocenters. The van der Waals surface area contributed by atoms with E-state index in [4.69, 9.17) is 4.74 Å². The third kappa shape index (κ3) is 5.29. The van der Waals surface area contributed by atoms with Crippen LogP contribution in [0.4, 0.5) is 0 Å². The topological polar surface area (TPSA) is 44.8 Å². The lowest BCUT2D eigenvalue weighted by Crippen LogP contribution is -2.45. The number of carbonyl (C=O) groups is 1. The molecule has 0 radical (unpaired) electrons. The zero-order chi connectivity index (χ0) is 22.3. The summed E-state index contributed by atoms with van der Waals surface area (Å²) in [6, 6.07) is 20.3. The SMILES string of the molecule is CCOc1ccc(-c2ccc(C(=O)NCCCN3CCN(C)CC3)c3ccccc23)cc1. The molecule has 0 saturated carbocycles. The van der Waals surface area contributed by atoms with Crippen LogP contribution in [0.15, 0.2) is 60.7 Å². The minimum Gasteiger partial charge on any atom is -0.494 e. The maximum absolute atomic E-state index is 13.0. The van der Waals surface area contributed by atoms with Gasteiger partial charge in [0.1, 0.15) is 5.75 Å². The number of benzene rings is 3. The second-order valence-electron chi connectivity index (χ2n) is 8.42. The van der Waals surface area contributed by atoms with E-state index in [1.54, 1.807) is 0 Å². The predicted octanol–water partition coefficient (Wildman–Crippen LogP) is 4.27. The second-order valence-corrected chi connectivity index (χ2v) is 8.42. The highest BCUT2D eigenvalue weighted by Crippen LogP contribution is 2.32. The Balaban J connectivity index is 1.44. The maximum Gasteiger partial charge on any atom is 0.251 e. The fourth-order valence-electron chi connectivity index (χ4n) is 4.32. The smallest absolute Gasteiger partial charge is 0.251 e. The van der Waals surface area contributed by atoms with E-state index >= 15 is 0 Å². The lowest BCUT2D eigenvalue weighted by Gasteiger charge is -2.32. The molecule has 0 spiro atoms. The number of rotatable bonds is 8. The molecule has 1 saturated heterocycles. The van der Waals surface area contributed by atoms with Gasteiger partial charge in [0.2, 0.25) is 0 Å². The van der Waals surface area contributed by atoms with Crippen LogP contribution in [0.1, 0.15) is 23.7 Å². The third-order valence-corrected chi connectivity index (χ3v) is 6.18. The minimum absolute atomic E-state index is 0.00202. The quantitative estimate of drug-likeness (QED) is 0.541. The molecule has 0 bridgehead atoms. The van der Waals surface area contributed by atoms with Crippen molar-refractivity contribution in [2.75, 3.05) is 52.9 Å². The monoisotopic (exact) mass is 431 g/mol. The largest absolute Gasteiger partial charge is 0.494 e. The van der Waals surface area contributed by atoms with Crippen LogP contribution in [0.3, 0.4) is 0 Å². The van der Waals surface area contributed by atoms with Crippen molar-refractivity contribution < 1.29 is 9.53 Å². The van der Waals surface area contributed by atoms with Gasteiger partial charge in [-0.05, 0) is 67.0 Å². The minimum atomic E-state index is -0.00202. The number of amides is 1. The van der Waals surface area contributed by atoms with Gasteiger partial charge in [0.05, 0.1) is 6.61 Å². The Labute approximate surface area is 191 Å². The summed E-state index contributed by atoms with van der Waals surface area (Å²) < 4.78 is 5.57. The average molecular weight is 432 g/mol. The van der Waals surface area contributed by atoms with Crippen LogP contribution >= 0.6 is 0 Å². The van der Waals surface area contributed by atoms with Crippen LogP contribution in [-0.2, 0) is 0 Å². The molecule has 3 aromatic rings. The van der Waals surface area contributed by atoms with Crippen LogP contribution in [0.5, 0.6) is 5.75 Å². The van der Waals surface area contributed by atoms with Crippen LogP contribution in [-0.4, -0.2) is 68.6 Å². The van der Waals surface area contributed by atoms with Gasteiger partial charge in [0.25, 0.3) is 5.91 Å². The lowest BCUT2D eigenvalue weighted by molar-refractivity contribution is 0.0951. The molecular weight excluding hydrogens is 398 g/mol. The molecule has 1 N–H and O–H groups in total. The lowest BCUT2D eigenvalue weighted by atomic mass is 9.94. The van der Waals surface area contributed by atoms with E-state index in [0.29, 0.717) is 13.2 Å². The van der Waals surface area contributed by atoms with Gasteiger partial charge in [0.15, 0.2) is 0 Å². The number of nitrogens with one attached hydrogen (secondary N) is 1. The molecule has 168 valence electrons. The Morgan fingerprint density at radius 2 is 1.66 bits per heavy atom. The summed E-state index contributed by atoms with van der Waals surface area (Å²) in [7, 11) is 2.17. The Morgan fingerprint density at radius 3 is 2.38 bits per heavy atom. The molecule has 32 heavy (non-hydrogen) atoms. The predicted molar refractivity (Wildman–Crippen MR) is 131 cm³/mol. The maximum atomic E-state index is 13.0. The van der Waals surface area contributed by atoms with Crippen molar-refractivity contribution in [3.8, 4) is 16.9 Å². The summed E-state index contributed by atoms with van der Waals surface area (Å²) in [5.41, 5.74) is 2.97. The first-order chi connectivity index (χ1) is 15.7. The summed E-state index contributed by atoms with van der Waals surface area (Å²) in [4.78, 5) is 17.8. The number of piperazine rings is 1. The molecule has 1 aliphatic rings. The van der Waals surface area contributed by atoms with E-state index < -0.39 is 0 Å². The zero-order valence-corrected chi connectivity index (χ0v) is 19.1. The van der Waals surface area contributed by atoms with Gasteiger partial charge < -0.3 is 19.9 Å². The molecule has 4 rings (SSSR count). The third-order valence-electron chi connectivity index (χ3n) is 6.18. The van der Waals surface area contributed by atoms with Gasteiger partial charge in [-0.25, -0.2) is 0 Å². The molecule has 5 heteroatoms. The number of carbonyl (C=O) groups excluding carboxylic acids is 1. The van der Waals surface area contributed by atoms with Gasteiger partial charge in [-0.2, -0.15) is 0 Å². The van der Waals surface area contributed by atoms with Crippen molar-refractivity contribution in [2.24, 2.45) is 0 Å². The first-order valence-corrected chi connectivity index (χ1v) is 11.6. The number of nitrogens with zero attached hydrogens (tertiary/aromatic N) is 2. The molecule has 5 nitrogen and oxygen atoms in total. The number of hydrogen-bond acceptors (Lipinski definition) is 4. The second kappa shape index (κ2) is 10.6. The van der Waals surface area contributed by atoms with Gasteiger partial charge in [-0.15, -0.1) is 0 Å². The van der Waals surface area contributed by atoms with Crippen LogP contribution < -0.4 is 10.1 Å². The van der Waals surface area contributed by atoms with Gasteiger partial charge in [0, 0.05) is 38.3 Å². The Hall–Kier alpha value is -2.89. The summed E-state index contributed by atoms with van der Waals surface area (Å²) in [5, 5.41) is 5.19. The first kappa shape index (κ1) is 22.3.